The molecule has 0 saturated heterocycles. The number of esters is 1. The molecule has 27 heavy (non-hydrogen) atoms. The third-order valence-corrected chi connectivity index (χ3v) is 4.37. The molecule has 4 aromatic rings. The van der Waals surface area contributed by atoms with Crippen molar-refractivity contribution in [1.29, 1.82) is 0 Å². The molecule has 0 aliphatic heterocycles. The molecule has 2 aromatic heterocycles. The molecule has 0 N–H and O–H groups in total. The molecule has 134 valence electrons. The zero-order valence-electron chi connectivity index (χ0n) is 14.2. The topological polar surface area (TPSA) is 69.9 Å². The molecule has 0 spiro atoms. The number of halogens is 1. The van der Waals surface area contributed by atoms with Crippen molar-refractivity contribution >= 4 is 28.5 Å². The summed E-state index contributed by atoms with van der Waals surface area (Å²) >= 11 is 5.97. The summed E-state index contributed by atoms with van der Waals surface area (Å²) in [6, 6.07) is 18.3. The van der Waals surface area contributed by atoms with E-state index in [0.29, 0.717) is 11.6 Å². The lowest BCUT2D eigenvalue weighted by Crippen LogP contribution is -2.18. The van der Waals surface area contributed by atoms with E-state index in [-0.39, 0.29) is 5.69 Å². The van der Waals surface area contributed by atoms with Gasteiger partial charge in [0.2, 0.25) is 0 Å². The van der Waals surface area contributed by atoms with E-state index in [1.54, 1.807) is 29.2 Å². The highest BCUT2D eigenvalue weighted by Crippen LogP contribution is 2.23. The van der Waals surface area contributed by atoms with Gasteiger partial charge in [-0.2, -0.15) is 5.10 Å². The van der Waals surface area contributed by atoms with Gasteiger partial charge in [0.1, 0.15) is 24.5 Å². The molecule has 0 radical (unpaired) electrons. The molecule has 0 aliphatic carbocycles. The lowest BCUT2D eigenvalue weighted by Gasteiger charge is -2.18. The molecule has 0 aliphatic rings. The Morgan fingerprint density at radius 1 is 1.07 bits per heavy atom. The molecule has 0 fully saturated rings. The van der Waals surface area contributed by atoms with Gasteiger partial charge in [-0.3, -0.25) is 0 Å². The maximum atomic E-state index is 12.7. The second kappa shape index (κ2) is 7.55. The number of carbonyl (C=O) groups excluding carboxylic acids is 1. The van der Waals surface area contributed by atoms with Crippen LogP contribution >= 0.6 is 11.6 Å². The zero-order chi connectivity index (χ0) is 18.6. The van der Waals surface area contributed by atoms with Crippen LogP contribution in [0.4, 0.5) is 0 Å². The Balaban J connectivity index is 1.61. The number of pyridine rings is 1. The Bertz CT molecular complexity index is 1070. The Morgan fingerprint density at radius 2 is 1.89 bits per heavy atom. The van der Waals surface area contributed by atoms with Gasteiger partial charge in [0.25, 0.3) is 0 Å². The minimum absolute atomic E-state index is 0.256. The minimum atomic E-state index is -0.551. The summed E-state index contributed by atoms with van der Waals surface area (Å²) in [4.78, 5) is 21.0. The van der Waals surface area contributed by atoms with Crippen LogP contribution < -0.4 is 0 Å². The van der Waals surface area contributed by atoms with Crippen molar-refractivity contribution in [3.8, 4) is 0 Å². The van der Waals surface area contributed by atoms with E-state index in [9.17, 15) is 4.79 Å². The normalized spacial score (nSPS) is 12.0. The molecule has 0 saturated carbocycles. The van der Waals surface area contributed by atoms with Crippen molar-refractivity contribution in [1.82, 2.24) is 19.7 Å². The van der Waals surface area contributed by atoms with Crippen LogP contribution in [0, 0.1) is 0 Å². The highest BCUT2D eigenvalue weighted by Gasteiger charge is 2.20. The molecule has 7 heteroatoms. The largest absolute Gasteiger partial charge is 0.451 e. The van der Waals surface area contributed by atoms with Crippen molar-refractivity contribution < 1.29 is 9.53 Å². The maximum absolute atomic E-state index is 12.7. The van der Waals surface area contributed by atoms with Gasteiger partial charge in [-0.15, -0.1) is 0 Å². The highest BCUT2D eigenvalue weighted by molar-refractivity contribution is 6.30. The van der Waals surface area contributed by atoms with Gasteiger partial charge in [0.05, 0.1) is 12.1 Å². The number of nitrogens with zero attached hydrogens (tertiary/aromatic N) is 4. The van der Waals surface area contributed by atoms with E-state index in [1.165, 1.54) is 6.33 Å². The predicted molar refractivity (Wildman–Crippen MR) is 101 cm³/mol. The van der Waals surface area contributed by atoms with Crippen LogP contribution in [0.15, 0.2) is 73.3 Å². The molecule has 1 atom stereocenters. The maximum Gasteiger partial charge on any atom is 0.357 e. The molecular weight excluding hydrogens is 364 g/mol. The number of para-hydroxylation sites is 1. The van der Waals surface area contributed by atoms with Gasteiger partial charge in [0, 0.05) is 10.4 Å². The molecule has 6 nitrogen and oxygen atoms in total. The van der Waals surface area contributed by atoms with Gasteiger partial charge >= 0.3 is 5.97 Å². The highest BCUT2D eigenvalue weighted by atomic mass is 35.5. The van der Waals surface area contributed by atoms with Crippen molar-refractivity contribution in [2.24, 2.45) is 0 Å². The van der Waals surface area contributed by atoms with Gasteiger partial charge in [-0.1, -0.05) is 48.0 Å². The number of carbonyl (C=O) groups is 1. The number of benzene rings is 2. The summed E-state index contributed by atoms with van der Waals surface area (Å²) in [5.74, 6) is -0.499. The molecular formula is C20H15ClN4O2. The third-order valence-electron chi connectivity index (χ3n) is 4.12. The zero-order valence-corrected chi connectivity index (χ0v) is 15.0. The summed E-state index contributed by atoms with van der Waals surface area (Å²) in [6.45, 7) is 0.334. The molecule has 2 heterocycles. The fourth-order valence-electron chi connectivity index (χ4n) is 2.75. The Morgan fingerprint density at radius 3 is 2.67 bits per heavy atom. The molecule has 2 aromatic carbocycles. The van der Waals surface area contributed by atoms with Crippen LogP contribution in [-0.2, 0) is 11.3 Å². The monoisotopic (exact) mass is 378 g/mol. The number of fused-ring (bicyclic) bond motifs is 1. The fraction of sp³-hybridized carbons (Fsp3) is 0.100. The van der Waals surface area contributed by atoms with Crippen molar-refractivity contribution in [3.05, 3.63) is 89.6 Å². The molecule has 0 bridgehead atoms. The predicted octanol–water partition coefficient (Wildman–Crippen LogP) is 4.08. The summed E-state index contributed by atoms with van der Waals surface area (Å²) in [6.07, 6.45) is 2.46. The van der Waals surface area contributed by atoms with E-state index in [0.717, 1.165) is 16.5 Å². The van der Waals surface area contributed by atoms with Crippen LogP contribution in [0.5, 0.6) is 0 Å². The Hall–Kier alpha value is -3.25. The number of ether oxygens (including phenoxy) is 1. The van der Waals surface area contributed by atoms with Crippen LogP contribution in [0.3, 0.4) is 0 Å². The van der Waals surface area contributed by atoms with Gasteiger partial charge in [-0.25, -0.2) is 19.4 Å². The second-order valence-corrected chi connectivity index (χ2v) is 6.39. The standard InChI is InChI=1S/C20H15ClN4O2/c21-16-8-5-15(6-9-16)19(11-25-13-22-12-23-25)27-20(26)18-10-7-14-3-1-2-4-17(14)24-18/h1-10,12-13,19H,11H2/t19-/m0/s1. The quantitative estimate of drug-likeness (QED) is 0.489. The lowest BCUT2D eigenvalue weighted by atomic mass is 10.1. The fourth-order valence-corrected chi connectivity index (χ4v) is 2.88. The smallest absolute Gasteiger partial charge is 0.357 e. The van der Waals surface area contributed by atoms with E-state index in [1.807, 2.05) is 42.5 Å². The summed E-state index contributed by atoms with van der Waals surface area (Å²) in [7, 11) is 0. The van der Waals surface area contributed by atoms with Crippen LogP contribution in [-0.4, -0.2) is 25.7 Å². The first-order valence-electron chi connectivity index (χ1n) is 8.34. The molecule has 4 rings (SSSR count). The van der Waals surface area contributed by atoms with Gasteiger partial charge in [0.15, 0.2) is 0 Å². The number of rotatable bonds is 5. The first-order valence-corrected chi connectivity index (χ1v) is 8.71. The second-order valence-electron chi connectivity index (χ2n) is 5.95. The summed E-state index contributed by atoms with van der Waals surface area (Å²) in [5.41, 5.74) is 1.81. The lowest BCUT2D eigenvalue weighted by molar-refractivity contribution is 0.0240. The summed E-state index contributed by atoms with van der Waals surface area (Å²) < 4.78 is 7.36. The summed E-state index contributed by atoms with van der Waals surface area (Å²) in [5, 5.41) is 5.67. The number of aromatic nitrogens is 4. The average Bonchev–Trinajstić information content (AvgIpc) is 3.21. The average molecular weight is 379 g/mol. The first-order chi connectivity index (χ1) is 13.2. The van der Waals surface area contributed by atoms with E-state index >= 15 is 0 Å². The van der Waals surface area contributed by atoms with E-state index in [4.69, 9.17) is 16.3 Å². The van der Waals surface area contributed by atoms with Crippen molar-refractivity contribution in [2.45, 2.75) is 12.6 Å². The SMILES string of the molecule is O=C(O[C@@H](Cn1cncn1)c1ccc(Cl)cc1)c1ccc2ccccc2n1. The number of hydrogen-bond acceptors (Lipinski definition) is 5. The molecule has 0 unspecified atom stereocenters. The number of hydrogen-bond donors (Lipinski definition) is 0. The van der Waals surface area contributed by atoms with Crippen LogP contribution in [0.25, 0.3) is 10.9 Å². The first kappa shape index (κ1) is 17.2. The van der Waals surface area contributed by atoms with E-state index < -0.39 is 12.1 Å². The Labute approximate surface area is 160 Å². The van der Waals surface area contributed by atoms with Crippen LogP contribution in [0.1, 0.15) is 22.2 Å². The molecule has 0 amide bonds. The van der Waals surface area contributed by atoms with Gasteiger partial charge in [-0.05, 0) is 29.8 Å². The minimum Gasteiger partial charge on any atom is -0.451 e. The van der Waals surface area contributed by atoms with Crippen molar-refractivity contribution in [2.75, 3.05) is 0 Å². The Kier molecular flexibility index (Phi) is 4.80. The van der Waals surface area contributed by atoms with Gasteiger partial charge < -0.3 is 4.74 Å². The van der Waals surface area contributed by atoms with Crippen LogP contribution in [0.2, 0.25) is 5.02 Å². The third kappa shape index (κ3) is 3.96. The van der Waals surface area contributed by atoms with Crippen molar-refractivity contribution in [3.63, 3.8) is 0 Å². The van der Waals surface area contributed by atoms with E-state index in [2.05, 4.69) is 15.1 Å².